The molecule has 0 amide bonds. The predicted octanol–water partition coefficient (Wildman–Crippen LogP) is 1.73. The van der Waals surface area contributed by atoms with Gasteiger partial charge in [0.15, 0.2) is 11.6 Å². The van der Waals surface area contributed by atoms with Crippen LogP contribution < -0.4 is 4.74 Å². The van der Waals surface area contributed by atoms with Crippen LogP contribution >= 0.6 is 0 Å². The summed E-state index contributed by atoms with van der Waals surface area (Å²) in [7, 11) is 0. The van der Waals surface area contributed by atoms with Gasteiger partial charge in [-0.3, -0.25) is 9.59 Å². The Morgan fingerprint density at radius 1 is 1.15 bits per heavy atom. The van der Waals surface area contributed by atoms with Gasteiger partial charge >= 0.3 is 0 Å². The first kappa shape index (κ1) is 16.8. The predicted molar refractivity (Wildman–Crippen MR) is 91.8 cm³/mol. The molecule has 1 atom stereocenters. The van der Waals surface area contributed by atoms with Gasteiger partial charge in [0.1, 0.15) is 17.6 Å². The van der Waals surface area contributed by atoms with Gasteiger partial charge in [0.05, 0.1) is 17.8 Å². The Morgan fingerprint density at radius 3 is 2.50 bits per heavy atom. The van der Waals surface area contributed by atoms with Crippen molar-refractivity contribution in [3.05, 3.63) is 57.6 Å². The lowest BCUT2D eigenvalue weighted by molar-refractivity contribution is -0.0235. The minimum Gasteiger partial charge on any atom is -0.507 e. The number of phenolic OH excluding ortho intramolecular Hbond substituents is 1. The second kappa shape index (κ2) is 5.40. The monoisotopic (exact) mass is 354 g/mol. The molecule has 0 fully saturated rings. The Morgan fingerprint density at radius 2 is 1.85 bits per heavy atom. The van der Waals surface area contributed by atoms with Gasteiger partial charge in [-0.1, -0.05) is 12.1 Å². The second-order valence-corrected chi connectivity index (χ2v) is 7.25. The van der Waals surface area contributed by atoms with Crippen molar-refractivity contribution in [2.45, 2.75) is 38.6 Å². The third-order valence-corrected chi connectivity index (χ3v) is 5.05. The molecule has 0 unspecified atom stereocenters. The average Bonchev–Trinajstić information content (AvgIpc) is 3.03. The minimum atomic E-state index is -1.16. The Hall–Kier alpha value is -2.70. The van der Waals surface area contributed by atoms with E-state index in [0.29, 0.717) is 16.9 Å². The van der Waals surface area contributed by atoms with Crippen LogP contribution in [0, 0.1) is 0 Å². The highest BCUT2D eigenvalue weighted by atomic mass is 16.5. The molecule has 2 aliphatic rings. The number of ketones is 2. The largest absolute Gasteiger partial charge is 0.507 e. The van der Waals surface area contributed by atoms with Gasteiger partial charge < -0.3 is 20.1 Å². The van der Waals surface area contributed by atoms with E-state index in [4.69, 9.17) is 4.74 Å². The lowest BCUT2D eigenvalue weighted by Gasteiger charge is -2.24. The highest BCUT2D eigenvalue weighted by Crippen LogP contribution is 2.44. The van der Waals surface area contributed by atoms with Crippen LogP contribution in [-0.2, 0) is 13.0 Å². The van der Waals surface area contributed by atoms with Crippen molar-refractivity contribution in [2.75, 3.05) is 0 Å². The summed E-state index contributed by atoms with van der Waals surface area (Å²) in [5.74, 6) is -0.727. The maximum atomic E-state index is 13.1. The summed E-state index contributed by atoms with van der Waals surface area (Å²) >= 11 is 0. The molecular weight excluding hydrogens is 336 g/mol. The SMILES string of the molecule is CC(C)(O)[C@H]1Cc2c(c(CO)cc3c2C(=O)c2cccc(O)c2C3=O)O1. The topological polar surface area (TPSA) is 104 Å². The number of rotatable bonds is 2. The van der Waals surface area contributed by atoms with E-state index in [2.05, 4.69) is 0 Å². The van der Waals surface area contributed by atoms with Gasteiger partial charge in [0.25, 0.3) is 0 Å². The number of benzene rings is 2. The van der Waals surface area contributed by atoms with E-state index in [0.717, 1.165) is 0 Å². The summed E-state index contributed by atoms with van der Waals surface area (Å²) in [5, 5.41) is 30.1. The third-order valence-electron chi connectivity index (χ3n) is 5.05. The number of aliphatic hydroxyl groups excluding tert-OH is 1. The van der Waals surface area contributed by atoms with E-state index in [1.807, 2.05) is 0 Å². The van der Waals surface area contributed by atoms with Gasteiger partial charge in [-0.2, -0.15) is 0 Å². The third kappa shape index (κ3) is 2.19. The second-order valence-electron chi connectivity index (χ2n) is 7.25. The van der Waals surface area contributed by atoms with Crippen LogP contribution in [0.1, 0.15) is 56.8 Å². The van der Waals surface area contributed by atoms with Crippen molar-refractivity contribution in [2.24, 2.45) is 0 Å². The lowest BCUT2D eigenvalue weighted by Crippen LogP contribution is -2.39. The zero-order chi connectivity index (χ0) is 18.8. The van der Waals surface area contributed by atoms with Crippen LogP contribution in [-0.4, -0.2) is 38.6 Å². The highest BCUT2D eigenvalue weighted by molar-refractivity contribution is 6.30. The lowest BCUT2D eigenvalue weighted by atomic mass is 9.79. The molecule has 0 bridgehead atoms. The van der Waals surface area contributed by atoms with Crippen molar-refractivity contribution in [1.82, 2.24) is 0 Å². The standard InChI is InChI=1S/C20H18O6/c1-20(2,25)14-7-12-15-11(6-9(8-21)19(12)26-14)18(24)16-10(17(15)23)4-3-5-13(16)22/h3-6,14,21-22,25H,7-8H2,1-2H3/t14-/m1/s1. The van der Waals surface area contributed by atoms with Crippen LogP contribution in [0.15, 0.2) is 24.3 Å². The fourth-order valence-corrected chi connectivity index (χ4v) is 3.68. The van der Waals surface area contributed by atoms with Crippen molar-refractivity contribution in [1.29, 1.82) is 0 Å². The summed E-state index contributed by atoms with van der Waals surface area (Å²) < 4.78 is 5.83. The molecule has 6 heteroatoms. The molecule has 6 nitrogen and oxygen atoms in total. The van der Waals surface area contributed by atoms with Crippen molar-refractivity contribution >= 4 is 11.6 Å². The van der Waals surface area contributed by atoms with Crippen LogP contribution in [0.5, 0.6) is 11.5 Å². The zero-order valence-electron chi connectivity index (χ0n) is 14.4. The van der Waals surface area contributed by atoms with E-state index in [9.17, 15) is 24.9 Å². The summed E-state index contributed by atoms with van der Waals surface area (Å²) in [6.45, 7) is 2.84. The molecule has 26 heavy (non-hydrogen) atoms. The van der Waals surface area contributed by atoms with Crippen molar-refractivity contribution in [3.8, 4) is 11.5 Å². The molecule has 4 rings (SSSR count). The molecule has 2 aromatic carbocycles. The van der Waals surface area contributed by atoms with Crippen molar-refractivity contribution < 1.29 is 29.6 Å². The summed E-state index contributed by atoms with van der Waals surface area (Å²) in [4.78, 5) is 26.0. The van der Waals surface area contributed by atoms with E-state index >= 15 is 0 Å². The zero-order valence-corrected chi connectivity index (χ0v) is 14.4. The summed E-state index contributed by atoms with van der Waals surface area (Å²) in [6.07, 6.45) is -0.342. The quantitative estimate of drug-likeness (QED) is 0.647. The average molecular weight is 354 g/mol. The van der Waals surface area contributed by atoms with Crippen LogP contribution in [0.2, 0.25) is 0 Å². The molecule has 0 spiro atoms. The molecule has 0 radical (unpaired) electrons. The molecule has 0 aromatic heterocycles. The smallest absolute Gasteiger partial charge is 0.198 e. The number of aromatic hydroxyl groups is 1. The normalized spacial score (nSPS) is 18.2. The van der Waals surface area contributed by atoms with E-state index in [1.165, 1.54) is 24.3 Å². The maximum Gasteiger partial charge on any atom is 0.198 e. The molecule has 134 valence electrons. The molecule has 2 aromatic rings. The summed E-state index contributed by atoms with van der Waals surface area (Å²) in [6, 6.07) is 5.83. The molecular formula is C20H18O6. The van der Waals surface area contributed by atoms with E-state index < -0.39 is 17.5 Å². The number of ether oxygens (including phenoxy) is 1. The fourth-order valence-electron chi connectivity index (χ4n) is 3.68. The van der Waals surface area contributed by atoms with E-state index in [-0.39, 0.29) is 46.8 Å². The van der Waals surface area contributed by atoms with Crippen LogP contribution in [0.4, 0.5) is 0 Å². The van der Waals surface area contributed by atoms with Crippen LogP contribution in [0.3, 0.4) is 0 Å². The highest BCUT2D eigenvalue weighted by Gasteiger charge is 2.42. The van der Waals surface area contributed by atoms with E-state index in [1.54, 1.807) is 13.8 Å². The molecule has 1 aliphatic heterocycles. The number of fused-ring (bicyclic) bond motifs is 4. The number of hydrogen-bond acceptors (Lipinski definition) is 6. The minimum absolute atomic E-state index is 0.0215. The van der Waals surface area contributed by atoms with Gasteiger partial charge in [-0.05, 0) is 26.0 Å². The van der Waals surface area contributed by atoms with Crippen LogP contribution in [0.25, 0.3) is 0 Å². The number of hydrogen-bond donors (Lipinski definition) is 3. The molecule has 3 N–H and O–H groups in total. The number of carbonyl (C=O) groups excluding carboxylic acids is 2. The molecule has 0 saturated carbocycles. The number of phenols is 1. The first-order valence-electron chi connectivity index (χ1n) is 8.34. The van der Waals surface area contributed by atoms with Crippen molar-refractivity contribution in [3.63, 3.8) is 0 Å². The summed E-state index contributed by atoms with van der Waals surface area (Å²) in [5.41, 5.74) is 0.242. The van der Waals surface area contributed by atoms with Gasteiger partial charge in [-0.25, -0.2) is 0 Å². The maximum absolute atomic E-state index is 13.1. The number of aliphatic hydroxyl groups is 2. The first-order valence-corrected chi connectivity index (χ1v) is 8.34. The number of carbonyl (C=O) groups is 2. The van der Waals surface area contributed by atoms with Gasteiger partial charge in [0, 0.05) is 34.2 Å². The fraction of sp³-hybridized carbons (Fsp3) is 0.300. The van der Waals surface area contributed by atoms with Gasteiger partial charge in [0.2, 0.25) is 0 Å². The Balaban J connectivity index is 1.97. The molecule has 0 saturated heterocycles. The molecule has 1 aliphatic carbocycles. The first-order chi connectivity index (χ1) is 12.2. The Labute approximate surface area is 149 Å². The van der Waals surface area contributed by atoms with Gasteiger partial charge in [-0.15, -0.1) is 0 Å². The Kier molecular flexibility index (Phi) is 3.48. The Bertz CT molecular complexity index is 967. The molecule has 1 heterocycles.